The van der Waals surface area contributed by atoms with Gasteiger partial charge in [-0.05, 0) is 51.1 Å². The summed E-state index contributed by atoms with van der Waals surface area (Å²) in [6.07, 6.45) is 7.93. The van der Waals surface area contributed by atoms with Crippen LogP contribution in [0, 0.1) is 11.8 Å². The van der Waals surface area contributed by atoms with Crippen LogP contribution in [-0.2, 0) is 10.0 Å². The largest absolute Gasteiger partial charge is 0.319 e. The van der Waals surface area contributed by atoms with Crippen molar-refractivity contribution in [2.24, 2.45) is 11.8 Å². The second-order valence-electron chi connectivity index (χ2n) is 6.18. The van der Waals surface area contributed by atoms with Crippen LogP contribution in [0.25, 0.3) is 0 Å². The van der Waals surface area contributed by atoms with Gasteiger partial charge < -0.3 is 5.32 Å². The Kier molecular flexibility index (Phi) is 7.80. The van der Waals surface area contributed by atoms with E-state index in [0.717, 1.165) is 45.3 Å². The molecule has 2 rings (SSSR count). The number of piperidine rings is 1. The van der Waals surface area contributed by atoms with Gasteiger partial charge in [0.2, 0.25) is 10.0 Å². The normalized spacial score (nSPS) is 23.4. The van der Waals surface area contributed by atoms with Crippen molar-refractivity contribution < 1.29 is 8.42 Å². The zero-order valence-electron chi connectivity index (χ0n) is 12.5. The molecule has 1 N–H and O–H groups in total. The number of nitrogens with zero attached hydrogens (tertiary/aromatic N) is 1. The van der Waals surface area contributed by atoms with E-state index >= 15 is 0 Å². The lowest BCUT2D eigenvalue weighted by atomic mass is 9.91. The standard InChI is InChI=1S/C14H28N2O2S.ClH/c1-15-11-13-7-9-16(10-8-13)19(17,18)12-14-5-3-2-4-6-14;/h13-15H,2-12H2,1H3;1H. The fourth-order valence-electron chi connectivity index (χ4n) is 3.44. The Hall–Kier alpha value is 0.160. The van der Waals surface area contributed by atoms with E-state index in [2.05, 4.69) is 5.32 Å². The molecular weight excluding hydrogens is 296 g/mol. The molecule has 1 saturated heterocycles. The smallest absolute Gasteiger partial charge is 0.214 e. The van der Waals surface area contributed by atoms with Crippen molar-refractivity contribution in [1.29, 1.82) is 0 Å². The van der Waals surface area contributed by atoms with E-state index in [0.29, 0.717) is 17.6 Å². The fraction of sp³-hybridized carbons (Fsp3) is 1.00. The zero-order chi connectivity index (χ0) is 13.7. The third-order valence-electron chi connectivity index (χ3n) is 4.63. The maximum absolute atomic E-state index is 12.4. The van der Waals surface area contributed by atoms with Crippen LogP contribution >= 0.6 is 12.4 Å². The molecule has 0 spiro atoms. The predicted molar refractivity (Wildman–Crippen MR) is 85.8 cm³/mol. The Labute approximate surface area is 130 Å². The lowest BCUT2D eigenvalue weighted by Crippen LogP contribution is -2.42. The Bertz CT molecular complexity index is 361. The fourth-order valence-corrected chi connectivity index (χ4v) is 5.34. The number of hydrogen-bond acceptors (Lipinski definition) is 3. The summed E-state index contributed by atoms with van der Waals surface area (Å²) < 4.78 is 26.6. The molecule has 1 aliphatic carbocycles. The molecule has 4 nitrogen and oxygen atoms in total. The second kappa shape index (κ2) is 8.57. The van der Waals surface area contributed by atoms with E-state index in [-0.39, 0.29) is 12.4 Å². The highest BCUT2D eigenvalue weighted by atomic mass is 35.5. The molecule has 0 aromatic heterocycles. The average molecular weight is 325 g/mol. The maximum Gasteiger partial charge on any atom is 0.214 e. The van der Waals surface area contributed by atoms with Crippen LogP contribution < -0.4 is 5.32 Å². The van der Waals surface area contributed by atoms with Crippen molar-refractivity contribution >= 4 is 22.4 Å². The number of nitrogens with one attached hydrogen (secondary N) is 1. The quantitative estimate of drug-likeness (QED) is 0.844. The van der Waals surface area contributed by atoms with Crippen molar-refractivity contribution in [1.82, 2.24) is 9.62 Å². The Morgan fingerprint density at radius 1 is 1.00 bits per heavy atom. The van der Waals surface area contributed by atoms with Gasteiger partial charge in [-0.1, -0.05) is 19.3 Å². The van der Waals surface area contributed by atoms with Gasteiger partial charge in [0.25, 0.3) is 0 Å². The molecule has 20 heavy (non-hydrogen) atoms. The first-order chi connectivity index (χ1) is 9.12. The summed E-state index contributed by atoms with van der Waals surface area (Å²) in [6.45, 7) is 2.46. The van der Waals surface area contributed by atoms with E-state index in [9.17, 15) is 8.42 Å². The first-order valence-electron chi connectivity index (χ1n) is 7.74. The maximum atomic E-state index is 12.4. The Balaban J connectivity index is 0.00000200. The van der Waals surface area contributed by atoms with Crippen molar-refractivity contribution in [3.63, 3.8) is 0 Å². The van der Waals surface area contributed by atoms with Gasteiger partial charge in [0.05, 0.1) is 5.75 Å². The van der Waals surface area contributed by atoms with Gasteiger partial charge in [0.1, 0.15) is 0 Å². The van der Waals surface area contributed by atoms with E-state index < -0.39 is 10.0 Å². The van der Waals surface area contributed by atoms with Crippen LogP contribution in [0.4, 0.5) is 0 Å². The summed E-state index contributed by atoms with van der Waals surface area (Å²) >= 11 is 0. The van der Waals surface area contributed by atoms with Gasteiger partial charge >= 0.3 is 0 Å². The average Bonchev–Trinajstić information content (AvgIpc) is 2.40. The van der Waals surface area contributed by atoms with Crippen molar-refractivity contribution in [3.8, 4) is 0 Å². The van der Waals surface area contributed by atoms with Crippen LogP contribution in [0.5, 0.6) is 0 Å². The van der Waals surface area contributed by atoms with Crippen LogP contribution in [0.3, 0.4) is 0 Å². The summed E-state index contributed by atoms with van der Waals surface area (Å²) in [7, 11) is -1.04. The molecule has 0 unspecified atom stereocenters. The van der Waals surface area contributed by atoms with Gasteiger partial charge in [0.15, 0.2) is 0 Å². The van der Waals surface area contributed by atoms with E-state index in [1.165, 1.54) is 19.3 Å². The summed E-state index contributed by atoms with van der Waals surface area (Å²) in [5, 5.41) is 3.19. The van der Waals surface area contributed by atoms with E-state index in [1.807, 2.05) is 7.05 Å². The minimum atomic E-state index is -3.01. The van der Waals surface area contributed by atoms with Crippen LogP contribution in [-0.4, -0.2) is 45.2 Å². The van der Waals surface area contributed by atoms with Gasteiger partial charge in [-0.15, -0.1) is 12.4 Å². The van der Waals surface area contributed by atoms with Crippen molar-refractivity contribution in [2.45, 2.75) is 44.9 Å². The summed E-state index contributed by atoms with van der Waals surface area (Å²) in [5.41, 5.74) is 0. The molecule has 0 radical (unpaired) electrons. The molecule has 2 aliphatic rings. The first kappa shape index (κ1) is 18.2. The van der Waals surface area contributed by atoms with Crippen LogP contribution in [0.15, 0.2) is 0 Å². The summed E-state index contributed by atoms with van der Waals surface area (Å²) in [4.78, 5) is 0. The third kappa shape index (κ3) is 5.17. The second-order valence-corrected chi connectivity index (χ2v) is 8.20. The Morgan fingerprint density at radius 3 is 2.15 bits per heavy atom. The summed E-state index contributed by atoms with van der Waals surface area (Å²) in [5.74, 6) is 1.45. The number of hydrogen-bond donors (Lipinski definition) is 1. The zero-order valence-corrected chi connectivity index (χ0v) is 14.1. The lowest BCUT2D eigenvalue weighted by molar-refractivity contribution is 0.267. The topological polar surface area (TPSA) is 49.4 Å². The molecule has 0 aromatic carbocycles. The highest BCUT2D eigenvalue weighted by Crippen LogP contribution is 2.27. The monoisotopic (exact) mass is 324 g/mol. The molecule has 0 amide bonds. The molecule has 0 bridgehead atoms. The molecule has 0 atom stereocenters. The van der Waals surface area contributed by atoms with Crippen LogP contribution in [0.2, 0.25) is 0 Å². The minimum absolute atomic E-state index is 0. The van der Waals surface area contributed by atoms with Gasteiger partial charge in [-0.3, -0.25) is 0 Å². The van der Waals surface area contributed by atoms with Crippen LogP contribution in [0.1, 0.15) is 44.9 Å². The Morgan fingerprint density at radius 2 is 1.60 bits per heavy atom. The molecule has 2 fully saturated rings. The van der Waals surface area contributed by atoms with Gasteiger partial charge in [-0.25, -0.2) is 12.7 Å². The first-order valence-corrected chi connectivity index (χ1v) is 9.35. The van der Waals surface area contributed by atoms with Crippen molar-refractivity contribution in [2.75, 3.05) is 32.4 Å². The molecule has 120 valence electrons. The van der Waals surface area contributed by atoms with E-state index in [4.69, 9.17) is 0 Å². The SMILES string of the molecule is CNCC1CCN(S(=O)(=O)CC2CCCCC2)CC1.Cl. The lowest BCUT2D eigenvalue weighted by Gasteiger charge is -2.32. The highest BCUT2D eigenvalue weighted by molar-refractivity contribution is 7.89. The third-order valence-corrected chi connectivity index (χ3v) is 6.68. The molecule has 1 saturated carbocycles. The van der Waals surface area contributed by atoms with Gasteiger partial charge in [0, 0.05) is 13.1 Å². The molecule has 0 aromatic rings. The number of rotatable bonds is 5. The molecule has 1 aliphatic heterocycles. The van der Waals surface area contributed by atoms with Crippen molar-refractivity contribution in [3.05, 3.63) is 0 Å². The van der Waals surface area contributed by atoms with Gasteiger partial charge in [-0.2, -0.15) is 0 Å². The summed E-state index contributed by atoms with van der Waals surface area (Å²) in [6, 6.07) is 0. The highest BCUT2D eigenvalue weighted by Gasteiger charge is 2.30. The number of halogens is 1. The molecule has 6 heteroatoms. The molecule has 1 heterocycles. The minimum Gasteiger partial charge on any atom is -0.319 e. The number of sulfonamides is 1. The predicted octanol–water partition coefficient (Wildman–Crippen LogP) is 2.25. The molecular formula is C14H29ClN2O2S. The van der Waals surface area contributed by atoms with E-state index in [1.54, 1.807) is 4.31 Å².